The average Bonchev–Trinajstić information content (AvgIpc) is 2.65. The molecule has 0 bridgehead atoms. The first-order valence-corrected chi connectivity index (χ1v) is 7.27. The molecule has 1 fully saturated rings. The highest BCUT2D eigenvalue weighted by molar-refractivity contribution is 5.66. The first kappa shape index (κ1) is 14.2. The lowest BCUT2D eigenvalue weighted by Crippen LogP contribution is -2.42. The molecule has 108 valence electrons. The number of piperidine rings is 1. The molecule has 2 N–H and O–H groups in total. The SMILES string of the molecule is CCCc1nn(C)c(N2CCC(N(C)C)CC2)c1N. The van der Waals surface area contributed by atoms with Crippen LogP contribution in [0.5, 0.6) is 0 Å². The summed E-state index contributed by atoms with van der Waals surface area (Å²) in [6, 6.07) is 0.695. The molecule has 1 aliphatic rings. The molecule has 2 rings (SSSR count). The first-order valence-electron chi connectivity index (χ1n) is 7.27. The van der Waals surface area contributed by atoms with Crippen molar-refractivity contribution in [2.24, 2.45) is 7.05 Å². The molecule has 1 aromatic rings. The molecule has 1 aromatic heterocycles. The molecular weight excluding hydrogens is 238 g/mol. The van der Waals surface area contributed by atoms with Crippen molar-refractivity contribution in [3.05, 3.63) is 5.69 Å². The van der Waals surface area contributed by atoms with Crippen molar-refractivity contribution in [2.45, 2.75) is 38.6 Å². The number of aromatic nitrogens is 2. The molecule has 0 radical (unpaired) electrons. The summed E-state index contributed by atoms with van der Waals surface area (Å²) in [7, 11) is 6.33. The third-order valence-corrected chi connectivity index (χ3v) is 4.11. The normalized spacial score (nSPS) is 17.4. The largest absolute Gasteiger partial charge is 0.394 e. The molecule has 2 heterocycles. The minimum atomic E-state index is 0.695. The molecule has 0 atom stereocenters. The van der Waals surface area contributed by atoms with Gasteiger partial charge >= 0.3 is 0 Å². The van der Waals surface area contributed by atoms with Gasteiger partial charge in [-0.05, 0) is 33.4 Å². The van der Waals surface area contributed by atoms with Crippen LogP contribution in [0.4, 0.5) is 11.5 Å². The van der Waals surface area contributed by atoms with E-state index in [-0.39, 0.29) is 0 Å². The summed E-state index contributed by atoms with van der Waals surface area (Å²) in [5.74, 6) is 1.11. The second kappa shape index (κ2) is 5.82. The van der Waals surface area contributed by atoms with Crippen LogP contribution in [0.15, 0.2) is 0 Å². The van der Waals surface area contributed by atoms with Gasteiger partial charge in [-0.3, -0.25) is 4.68 Å². The van der Waals surface area contributed by atoms with Crippen LogP contribution in [0.25, 0.3) is 0 Å². The van der Waals surface area contributed by atoms with Crippen LogP contribution in [-0.2, 0) is 13.5 Å². The Morgan fingerprint density at radius 1 is 1.32 bits per heavy atom. The van der Waals surface area contributed by atoms with Gasteiger partial charge < -0.3 is 15.5 Å². The third-order valence-electron chi connectivity index (χ3n) is 4.11. The van der Waals surface area contributed by atoms with Gasteiger partial charge in [0.15, 0.2) is 0 Å². The summed E-state index contributed by atoms with van der Waals surface area (Å²) in [6.45, 7) is 4.30. The second-order valence-electron chi connectivity index (χ2n) is 5.74. The number of nitrogens with zero attached hydrogens (tertiary/aromatic N) is 4. The van der Waals surface area contributed by atoms with Gasteiger partial charge in [-0.1, -0.05) is 13.3 Å². The number of anilines is 2. The zero-order valence-electron chi connectivity index (χ0n) is 12.7. The number of aryl methyl sites for hydroxylation is 2. The fraction of sp³-hybridized carbons (Fsp3) is 0.786. The summed E-state index contributed by atoms with van der Waals surface area (Å²) < 4.78 is 1.95. The molecule has 19 heavy (non-hydrogen) atoms. The van der Waals surface area contributed by atoms with E-state index in [9.17, 15) is 0 Å². The molecule has 0 spiro atoms. The van der Waals surface area contributed by atoms with Gasteiger partial charge in [0, 0.05) is 26.2 Å². The number of nitrogens with two attached hydrogens (primary N) is 1. The Hall–Kier alpha value is -1.23. The second-order valence-corrected chi connectivity index (χ2v) is 5.74. The van der Waals surface area contributed by atoms with Crippen LogP contribution in [-0.4, -0.2) is 47.9 Å². The summed E-state index contributed by atoms with van der Waals surface area (Å²) >= 11 is 0. The molecule has 0 aromatic carbocycles. The van der Waals surface area contributed by atoms with Crippen LogP contribution in [0.1, 0.15) is 31.9 Å². The third kappa shape index (κ3) is 2.86. The van der Waals surface area contributed by atoms with Crippen LogP contribution in [0.2, 0.25) is 0 Å². The Kier molecular flexibility index (Phi) is 4.34. The van der Waals surface area contributed by atoms with E-state index < -0.39 is 0 Å². The molecule has 0 unspecified atom stereocenters. The lowest BCUT2D eigenvalue weighted by atomic mass is 10.0. The van der Waals surface area contributed by atoms with Crippen molar-refractivity contribution < 1.29 is 0 Å². The predicted molar refractivity (Wildman–Crippen MR) is 80.5 cm³/mol. The monoisotopic (exact) mass is 265 g/mol. The van der Waals surface area contributed by atoms with Crippen molar-refractivity contribution in [1.82, 2.24) is 14.7 Å². The number of nitrogen functional groups attached to an aromatic ring is 1. The Bertz CT molecular complexity index is 416. The van der Waals surface area contributed by atoms with Gasteiger partial charge in [-0.25, -0.2) is 0 Å². The minimum absolute atomic E-state index is 0.695. The van der Waals surface area contributed by atoms with E-state index in [2.05, 4.69) is 35.9 Å². The maximum Gasteiger partial charge on any atom is 0.150 e. The quantitative estimate of drug-likeness (QED) is 0.896. The molecule has 0 amide bonds. The Morgan fingerprint density at radius 2 is 1.95 bits per heavy atom. The lowest BCUT2D eigenvalue weighted by Gasteiger charge is -2.36. The summed E-state index contributed by atoms with van der Waals surface area (Å²) in [5, 5.41) is 4.57. The predicted octanol–water partition coefficient (Wildman–Crippen LogP) is 1.49. The molecule has 1 saturated heterocycles. The molecule has 0 aliphatic carbocycles. The summed E-state index contributed by atoms with van der Waals surface area (Å²) in [5.41, 5.74) is 8.21. The van der Waals surface area contributed by atoms with Crippen molar-refractivity contribution in [1.29, 1.82) is 0 Å². The maximum atomic E-state index is 6.28. The summed E-state index contributed by atoms with van der Waals surface area (Å²) in [4.78, 5) is 4.72. The Labute approximate surface area is 116 Å². The first-order chi connectivity index (χ1) is 9.04. The van der Waals surface area contributed by atoms with E-state index in [4.69, 9.17) is 5.73 Å². The fourth-order valence-corrected chi connectivity index (χ4v) is 2.98. The molecule has 0 saturated carbocycles. The minimum Gasteiger partial charge on any atom is -0.394 e. The van der Waals surface area contributed by atoms with Gasteiger partial charge in [0.05, 0.1) is 11.4 Å². The van der Waals surface area contributed by atoms with E-state index in [0.717, 1.165) is 43.1 Å². The standard InChI is InChI=1S/C14H27N5/c1-5-6-12-13(15)14(18(4)16-12)19-9-7-11(8-10-19)17(2)3/h11H,5-10,15H2,1-4H3. The van der Waals surface area contributed by atoms with Crippen molar-refractivity contribution >= 4 is 11.5 Å². The van der Waals surface area contributed by atoms with Crippen molar-refractivity contribution in [2.75, 3.05) is 37.8 Å². The van der Waals surface area contributed by atoms with Gasteiger partial charge in [0.25, 0.3) is 0 Å². The zero-order chi connectivity index (χ0) is 14.0. The zero-order valence-corrected chi connectivity index (χ0v) is 12.7. The Balaban J connectivity index is 2.11. The summed E-state index contributed by atoms with van der Waals surface area (Å²) in [6.07, 6.45) is 4.44. The van der Waals surface area contributed by atoms with Crippen LogP contribution >= 0.6 is 0 Å². The average molecular weight is 265 g/mol. The fourth-order valence-electron chi connectivity index (χ4n) is 2.98. The van der Waals surface area contributed by atoms with Gasteiger partial charge in [0.2, 0.25) is 0 Å². The van der Waals surface area contributed by atoms with E-state index in [1.165, 1.54) is 12.8 Å². The van der Waals surface area contributed by atoms with Crippen molar-refractivity contribution in [3.63, 3.8) is 0 Å². The Morgan fingerprint density at radius 3 is 2.47 bits per heavy atom. The molecule has 5 nitrogen and oxygen atoms in total. The van der Waals surface area contributed by atoms with E-state index in [0.29, 0.717) is 6.04 Å². The molecular formula is C14H27N5. The molecule has 1 aliphatic heterocycles. The van der Waals surface area contributed by atoms with Crippen LogP contribution in [0, 0.1) is 0 Å². The van der Waals surface area contributed by atoms with E-state index in [1.807, 2.05) is 11.7 Å². The van der Waals surface area contributed by atoms with Gasteiger partial charge in [0.1, 0.15) is 5.82 Å². The maximum absolute atomic E-state index is 6.28. The highest BCUT2D eigenvalue weighted by Gasteiger charge is 2.25. The van der Waals surface area contributed by atoms with Crippen LogP contribution < -0.4 is 10.6 Å². The number of hydrogen-bond acceptors (Lipinski definition) is 4. The van der Waals surface area contributed by atoms with E-state index >= 15 is 0 Å². The highest BCUT2D eigenvalue weighted by Crippen LogP contribution is 2.29. The van der Waals surface area contributed by atoms with Gasteiger partial charge in [-0.15, -0.1) is 0 Å². The van der Waals surface area contributed by atoms with Crippen molar-refractivity contribution in [3.8, 4) is 0 Å². The van der Waals surface area contributed by atoms with E-state index in [1.54, 1.807) is 0 Å². The lowest BCUT2D eigenvalue weighted by molar-refractivity contribution is 0.249. The van der Waals surface area contributed by atoms with Crippen LogP contribution in [0.3, 0.4) is 0 Å². The highest BCUT2D eigenvalue weighted by atomic mass is 15.4. The smallest absolute Gasteiger partial charge is 0.150 e. The topological polar surface area (TPSA) is 50.3 Å². The molecule has 5 heteroatoms. The number of hydrogen-bond donors (Lipinski definition) is 1. The van der Waals surface area contributed by atoms with Gasteiger partial charge in [-0.2, -0.15) is 5.10 Å². The number of rotatable bonds is 4.